The van der Waals surface area contributed by atoms with Crippen LogP contribution in [0.5, 0.6) is 0 Å². The summed E-state index contributed by atoms with van der Waals surface area (Å²) in [6.45, 7) is 5.28. The molecule has 0 radical (unpaired) electrons. The summed E-state index contributed by atoms with van der Waals surface area (Å²) in [5, 5.41) is 2.89. The topological polar surface area (TPSA) is 65.5 Å². The van der Waals surface area contributed by atoms with Crippen molar-refractivity contribution in [1.29, 1.82) is 0 Å². The summed E-state index contributed by atoms with van der Waals surface area (Å²) in [4.78, 5) is 32.8. The van der Waals surface area contributed by atoms with Gasteiger partial charge in [-0.25, -0.2) is 0 Å². The van der Waals surface area contributed by atoms with E-state index in [1.807, 2.05) is 19.0 Å². The van der Waals surface area contributed by atoms with Gasteiger partial charge in [-0.3, -0.25) is 14.6 Å². The minimum Gasteiger partial charge on any atom is -0.352 e. The molecule has 1 N–H and O–H groups in total. The van der Waals surface area contributed by atoms with Crippen LogP contribution in [0.3, 0.4) is 0 Å². The average Bonchev–Trinajstić information content (AvgIpc) is 2.58. The first-order chi connectivity index (χ1) is 11.5. The summed E-state index contributed by atoms with van der Waals surface area (Å²) in [7, 11) is 4.01. The number of aromatic nitrogens is 1. The molecule has 1 aromatic rings. The van der Waals surface area contributed by atoms with Gasteiger partial charge < -0.3 is 15.1 Å². The van der Waals surface area contributed by atoms with Crippen molar-refractivity contribution in [3.05, 3.63) is 29.6 Å². The van der Waals surface area contributed by atoms with Gasteiger partial charge in [-0.15, -0.1) is 0 Å². The van der Waals surface area contributed by atoms with Gasteiger partial charge in [0, 0.05) is 31.4 Å². The van der Waals surface area contributed by atoms with E-state index in [0.29, 0.717) is 23.7 Å². The molecule has 24 heavy (non-hydrogen) atoms. The maximum absolute atomic E-state index is 12.5. The highest BCUT2D eigenvalue weighted by Crippen LogP contribution is 2.17. The minimum absolute atomic E-state index is 0.0795. The van der Waals surface area contributed by atoms with Gasteiger partial charge in [-0.1, -0.05) is 6.92 Å². The van der Waals surface area contributed by atoms with Crippen LogP contribution in [0, 0.1) is 5.92 Å². The molecule has 2 rings (SSSR count). The fraction of sp³-hybridized carbons (Fsp3) is 0.611. The van der Waals surface area contributed by atoms with E-state index in [2.05, 4.69) is 22.1 Å². The molecule has 0 aromatic carbocycles. The number of nitrogens with zero attached hydrogens (tertiary/aromatic N) is 3. The lowest BCUT2D eigenvalue weighted by atomic mass is 9.99. The molecule has 0 unspecified atom stereocenters. The average molecular weight is 332 g/mol. The van der Waals surface area contributed by atoms with Gasteiger partial charge in [0.25, 0.3) is 11.8 Å². The second-order valence-corrected chi connectivity index (χ2v) is 6.82. The first-order valence-electron chi connectivity index (χ1n) is 8.65. The fourth-order valence-electron chi connectivity index (χ4n) is 2.76. The third-order valence-electron chi connectivity index (χ3n) is 4.38. The SMILES string of the molecule is CC1CCN(C(=O)c2cc(C(=O)NCCCN(C)C)ccn2)CC1. The molecule has 0 atom stereocenters. The van der Waals surface area contributed by atoms with Crippen LogP contribution in [0.2, 0.25) is 0 Å². The molecule has 0 saturated carbocycles. The Balaban J connectivity index is 1.93. The van der Waals surface area contributed by atoms with Crippen molar-refractivity contribution in [2.75, 3.05) is 40.3 Å². The van der Waals surface area contributed by atoms with Gasteiger partial charge in [0.05, 0.1) is 0 Å². The van der Waals surface area contributed by atoms with Gasteiger partial charge >= 0.3 is 0 Å². The van der Waals surface area contributed by atoms with E-state index >= 15 is 0 Å². The summed E-state index contributed by atoms with van der Waals surface area (Å²) in [6.07, 6.45) is 4.48. The zero-order valence-electron chi connectivity index (χ0n) is 14.9. The summed E-state index contributed by atoms with van der Waals surface area (Å²) >= 11 is 0. The Kier molecular flexibility index (Phi) is 6.73. The van der Waals surface area contributed by atoms with Crippen molar-refractivity contribution >= 4 is 11.8 Å². The molecule has 1 aromatic heterocycles. The Morgan fingerprint density at radius 2 is 2.04 bits per heavy atom. The number of piperidine rings is 1. The molecule has 0 bridgehead atoms. The number of rotatable bonds is 6. The zero-order valence-corrected chi connectivity index (χ0v) is 14.9. The van der Waals surface area contributed by atoms with E-state index in [1.165, 1.54) is 6.20 Å². The van der Waals surface area contributed by atoms with E-state index in [1.54, 1.807) is 12.1 Å². The normalized spacial score (nSPS) is 15.6. The van der Waals surface area contributed by atoms with Gasteiger partial charge in [0.1, 0.15) is 5.69 Å². The molecular weight excluding hydrogens is 304 g/mol. The second kappa shape index (κ2) is 8.78. The first-order valence-corrected chi connectivity index (χ1v) is 8.65. The van der Waals surface area contributed by atoms with E-state index < -0.39 is 0 Å². The molecule has 2 amide bonds. The maximum Gasteiger partial charge on any atom is 0.272 e. The molecule has 1 aliphatic rings. The molecule has 1 aliphatic heterocycles. The molecule has 0 aliphatic carbocycles. The van der Waals surface area contributed by atoms with E-state index in [-0.39, 0.29) is 11.8 Å². The van der Waals surface area contributed by atoms with Gasteiger partial charge in [0.2, 0.25) is 0 Å². The molecule has 1 fully saturated rings. The van der Waals surface area contributed by atoms with Crippen molar-refractivity contribution in [2.45, 2.75) is 26.2 Å². The lowest BCUT2D eigenvalue weighted by Crippen LogP contribution is -2.38. The predicted octanol–water partition coefficient (Wildman–Crippen LogP) is 1.64. The lowest BCUT2D eigenvalue weighted by molar-refractivity contribution is 0.0691. The highest BCUT2D eigenvalue weighted by molar-refractivity contribution is 5.98. The molecule has 132 valence electrons. The van der Waals surface area contributed by atoms with Crippen molar-refractivity contribution in [1.82, 2.24) is 20.1 Å². The van der Waals surface area contributed by atoms with Crippen LogP contribution in [-0.4, -0.2) is 66.9 Å². The third-order valence-corrected chi connectivity index (χ3v) is 4.38. The highest BCUT2D eigenvalue weighted by Gasteiger charge is 2.22. The molecule has 6 nitrogen and oxygen atoms in total. The standard InChI is InChI=1S/C18H28N4O2/c1-14-6-11-22(12-7-14)18(24)16-13-15(5-9-19-16)17(23)20-8-4-10-21(2)3/h5,9,13-14H,4,6-8,10-12H2,1-3H3,(H,20,23). The molecular formula is C18H28N4O2. The van der Waals surface area contributed by atoms with Crippen molar-refractivity contribution in [3.63, 3.8) is 0 Å². The van der Waals surface area contributed by atoms with Crippen LogP contribution in [0.15, 0.2) is 18.3 Å². The maximum atomic E-state index is 12.5. The summed E-state index contributed by atoms with van der Waals surface area (Å²) in [5.74, 6) is 0.433. The smallest absolute Gasteiger partial charge is 0.272 e. The molecule has 2 heterocycles. The molecule has 6 heteroatoms. The number of pyridine rings is 1. The van der Waals surface area contributed by atoms with Crippen LogP contribution in [0.25, 0.3) is 0 Å². The van der Waals surface area contributed by atoms with Crippen LogP contribution < -0.4 is 5.32 Å². The zero-order chi connectivity index (χ0) is 17.5. The van der Waals surface area contributed by atoms with Crippen LogP contribution in [0.1, 0.15) is 47.0 Å². The van der Waals surface area contributed by atoms with Crippen molar-refractivity contribution in [3.8, 4) is 0 Å². The number of amides is 2. The third kappa shape index (κ3) is 5.30. The Labute approximate surface area is 144 Å². The van der Waals surface area contributed by atoms with Crippen molar-refractivity contribution < 1.29 is 9.59 Å². The van der Waals surface area contributed by atoms with Crippen LogP contribution in [-0.2, 0) is 0 Å². The monoisotopic (exact) mass is 332 g/mol. The lowest BCUT2D eigenvalue weighted by Gasteiger charge is -2.30. The number of likely N-dealkylation sites (tertiary alicyclic amines) is 1. The number of carbonyl (C=O) groups is 2. The van der Waals surface area contributed by atoms with Crippen LogP contribution >= 0.6 is 0 Å². The largest absolute Gasteiger partial charge is 0.352 e. The Morgan fingerprint density at radius 1 is 1.33 bits per heavy atom. The highest BCUT2D eigenvalue weighted by atomic mass is 16.2. The predicted molar refractivity (Wildman–Crippen MR) is 94.0 cm³/mol. The quantitative estimate of drug-likeness (QED) is 0.804. The van der Waals surface area contributed by atoms with Gasteiger partial charge in [0.15, 0.2) is 0 Å². The summed E-state index contributed by atoms with van der Waals surface area (Å²) < 4.78 is 0. The Hall–Kier alpha value is -1.95. The second-order valence-electron chi connectivity index (χ2n) is 6.82. The minimum atomic E-state index is -0.155. The Bertz CT molecular complexity index is 566. The first kappa shape index (κ1) is 18.4. The number of nitrogens with one attached hydrogen (secondary N) is 1. The number of hydrogen-bond acceptors (Lipinski definition) is 4. The Morgan fingerprint density at radius 3 is 2.71 bits per heavy atom. The van der Waals surface area contributed by atoms with Gasteiger partial charge in [-0.05, 0) is 58.0 Å². The van der Waals surface area contributed by atoms with Crippen molar-refractivity contribution in [2.24, 2.45) is 5.92 Å². The number of carbonyl (C=O) groups excluding carboxylic acids is 2. The number of hydrogen-bond donors (Lipinski definition) is 1. The van der Waals surface area contributed by atoms with E-state index in [9.17, 15) is 9.59 Å². The fourth-order valence-corrected chi connectivity index (χ4v) is 2.76. The summed E-state index contributed by atoms with van der Waals surface area (Å²) in [5.41, 5.74) is 0.842. The van der Waals surface area contributed by atoms with Gasteiger partial charge in [-0.2, -0.15) is 0 Å². The molecule has 0 spiro atoms. The molecule has 1 saturated heterocycles. The van der Waals surface area contributed by atoms with E-state index in [4.69, 9.17) is 0 Å². The van der Waals surface area contributed by atoms with E-state index in [0.717, 1.165) is 38.9 Å². The summed E-state index contributed by atoms with van der Waals surface area (Å²) in [6, 6.07) is 3.25. The van der Waals surface area contributed by atoms with Crippen LogP contribution in [0.4, 0.5) is 0 Å².